The Kier molecular flexibility index (Phi) is 5.41. The van der Waals surface area contributed by atoms with E-state index < -0.39 is 17.7 Å². The molecule has 0 amide bonds. The number of halogens is 3. The molecule has 0 aliphatic carbocycles. The number of aromatic nitrogens is 1. The van der Waals surface area contributed by atoms with Crippen molar-refractivity contribution in [1.29, 1.82) is 0 Å². The largest absolute Gasteiger partial charge is 0.481 e. The first kappa shape index (κ1) is 18.8. The summed E-state index contributed by atoms with van der Waals surface area (Å²) in [5.74, 6) is -0.908. The van der Waals surface area contributed by atoms with E-state index in [4.69, 9.17) is 5.11 Å². The lowest BCUT2D eigenvalue weighted by Gasteiger charge is -2.06. The van der Waals surface area contributed by atoms with Crippen LogP contribution in [-0.4, -0.2) is 16.1 Å². The summed E-state index contributed by atoms with van der Waals surface area (Å²) in [5, 5.41) is 11.4. The van der Waals surface area contributed by atoms with Gasteiger partial charge in [-0.15, -0.1) is 11.3 Å². The smallest absolute Gasteiger partial charge is 0.416 e. The van der Waals surface area contributed by atoms with Gasteiger partial charge in [-0.1, -0.05) is 42.5 Å². The van der Waals surface area contributed by atoms with Gasteiger partial charge in [0.25, 0.3) is 0 Å². The average Bonchev–Trinajstić information content (AvgIpc) is 3.09. The van der Waals surface area contributed by atoms with E-state index in [2.05, 4.69) is 4.98 Å². The minimum absolute atomic E-state index is 0.0750. The molecule has 0 saturated carbocycles. The zero-order chi connectivity index (χ0) is 19.4. The third kappa shape index (κ3) is 4.83. The standard InChI is InChI=1S/C20H14F3NO2S/c21-20(22,23)16-8-5-14(6-9-16)19-24-17(12-27-19)10-7-13-3-1-2-4-15(13)11-18(25)26/h1-10,12H,11H2,(H,25,26). The fourth-order valence-electron chi connectivity index (χ4n) is 2.49. The molecule has 27 heavy (non-hydrogen) atoms. The summed E-state index contributed by atoms with van der Waals surface area (Å²) in [7, 11) is 0. The first-order valence-electron chi connectivity index (χ1n) is 7.94. The third-order valence-corrected chi connectivity index (χ3v) is 4.72. The predicted octanol–water partition coefficient (Wildman–Crippen LogP) is 5.63. The van der Waals surface area contributed by atoms with Crippen molar-refractivity contribution < 1.29 is 23.1 Å². The highest BCUT2D eigenvalue weighted by Crippen LogP contribution is 2.32. The molecule has 0 atom stereocenters. The number of carboxylic acid groups (broad SMARTS) is 1. The summed E-state index contributed by atoms with van der Waals surface area (Å²) < 4.78 is 37.9. The van der Waals surface area contributed by atoms with Crippen LogP contribution in [0.2, 0.25) is 0 Å². The van der Waals surface area contributed by atoms with Crippen molar-refractivity contribution in [3.63, 3.8) is 0 Å². The van der Waals surface area contributed by atoms with Gasteiger partial charge in [0.2, 0.25) is 0 Å². The van der Waals surface area contributed by atoms with Crippen LogP contribution in [0, 0.1) is 0 Å². The van der Waals surface area contributed by atoms with E-state index >= 15 is 0 Å². The maximum Gasteiger partial charge on any atom is 0.416 e. The van der Waals surface area contributed by atoms with Crippen LogP contribution in [0.25, 0.3) is 22.7 Å². The molecular formula is C20H14F3NO2S. The van der Waals surface area contributed by atoms with Crippen molar-refractivity contribution in [2.45, 2.75) is 12.6 Å². The summed E-state index contributed by atoms with van der Waals surface area (Å²) in [5.41, 5.74) is 2.04. The Bertz CT molecular complexity index is 975. The monoisotopic (exact) mass is 389 g/mol. The summed E-state index contributed by atoms with van der Waals surface area (Å²) in [6, 6.07) is 12.0. The van der Waals surface area contributed by atoms with Crippen molar-refractivity contribution in [3.8, 4) is 10.6 Å². The molecule has 138 valence electrons. The predicted molar refractivity (Wildman–Crippen MR) is 99.3 cm³/mol. The number of hydrogen-bond donors (Lipinski definition) is 1. The normalized spacial score (nSPS) is 11.8. The van der Waals surface area contributed by atoms with E-state index in [0.717, 1.165) is 17.7 Å². The molecule has 0 fully saturated rings. The maximum absolute atomic E-state index is 12.6. The van der Waals surface area contributed by atoms with Crippen molar-refractivity contribution in [3.05, 3.63) is 76.3 Å². The number of benzene rings is 2. The van der Waals surface area contributed by atoms with Gasteiger partial charge in [0.15, 0.2) is 0 Å². The Morgan fingerprint density at radius 2 is 1.78 bits per heavy atom. The number of aliphatic carboxylic acids is 1. The van der Waals surface area contributed by atoms with Crippen molar-refractivity contribution in [2.75, 3.05) is 0 Å². The quantitative estimate of drug-likeness (QED) is 0.616. The maximum atomic E-state index is 12.6. The summed E-state index contributed by atoms with van der Waals surface area (Å²) >= 11 is 1.33. The Labute approximate surface area is 157 Å². The lowest BCUT2D eigenvalue weighted by atomic mass is 10.0. The number of alkyl halides is 3. The number of thiazole rings is 1. The van der Waals surface area contributed by atoms with E-state index in [9.17, 15) is 18.0 Å². The lowest BCUT2D eigenvalue weighted by Crippen LogP contribution is -2.03. The average molecular weight is 389 g/mol. The molecule has 0 unspecified atom stereocenters. The van der Waals surface area contributed by atoms with Gasteiger partial charge in [-0.25, -0.2) is 4.98 Å². The molecule has 3 rings (SSSR count). The molecule has 3 nitrogen and oxygen atoms in total. The molecule has 1 aromatic heterocycles. The van der Waals surface area contributed by atoms with Gasteiger partial charge in [0.05, 0.1) is 17.7 Å². The van der Waals surface area contributed by atoms with Crippen LogP contribution in [0.3, 0.4) is 0 Å². The van der Waals surface area contributed by atoms with Crippen LogP contribution < -0.4 is 0 Å². The van der Waals surface area contributed by atoms with Crippen LogP contribution in [0.4, 0.5) is 13.2 Å². The van der Waals surface area contributed by atoms with Crippen LogP contribution in [0.1, 0.15) is 22.4 Å². The number of nitrogens with zero attached hydrogens (tertiary/aromatic N) is 1. The van der Waals surface area contributed by atoms with E-state index in [-0.39, 0.29) is 6.42 Å². The number of rotatable bonds is 5. The highest BCUT2D eigenvalue weighted by atomic mass is 32.1. The number of carboxylic acids is 1. The van der Waals surface area contributed by atoms with Gasteiger partial charge >= 0.3 is 12.1 Å². The zero-order valence-corrected chi connectivity index (χ0v) is 14.7. The molecule has 2 aromatic carbocycles. The number of hydrogen-bond acceptors (Lipinski definition) is 3. The van der Waals surface area contributed by atoms with E-state index in [0.29, 0.717) is 21.8 Å². The molecule has 0 bridgehead atoms. The summed E-state index contributed by atoms with van der Waals surface area (Å²) in [6.07, 6.45) is -0.901. The zero-order valence-electron chi connectivity index (χ0n) is 13.9. The van der Waals surface area contributed by atoms with Gasteiger partial charge in [0, 0.05) is 10.9 Å². The minimum atomic E-state index is -4.36. The molecule has 0 radical (unpaired) electrons. The molecular weight excluding hydrogens is 375 g/mol. The van der Waals surface area contributed by atoms with Crippen molar-refractivity contribution in [1.82, 2.24) is 4.98 Å². The Morgan fingerprint density at radius 1 is 1.07 bits per heavy atom. The van der Waals surface area contributed by atoms with Crippen LogP contribution in [0.5, 0.6) is 0 Å². The molecule has 0 spiro atoms. The summed E-state index contributed by atoms with van der Waals surface area (Å²) in [6.45, 7) is 0. The lowest BCUT2D eigenvalue weighted by molar-refractivity contribution is -0.138. The first-order chi connectivity index (χ1) is 12.8. The van der Waals surface area contributed by atoms with E-state index in [1.54, 1.807) is 29.7 Å². The van der Waals surface area contributed by atoms with Gasteiger partial charge in [-0.05, 0) is 29.3 Å². The van der Waals surface area contributed by atoms with Crippen LogP contribution in [-0.2, 0) is 17.4 Å². The fourth-order valence-corrected chi connectivity index (χ4v) is 3.29. The molecule has 0 aliphatic rings. The van der Waals surface area contributed by atoms with E-state index in [1.165, 1.54) is 23.5 Å². The second kappa shape index (κ2) is 7.75. The molecule has 3 aromatic rings. The minimum Gasteiger partial charge on any atom is -0.481 e. The number of carbonyl (C=O) groups is 1. The molecule has 1 heterocycles. The Morgan fingerprint density at radius 3 is 2.44 bits per heavy atom. The van der Waals surface area contributed by atoms with Crippen LogP contribution >= 0.6 is 11.3 Å². The molecule has 0 saturated heterocycles. The molecule has 7 heteroatoms. The second-order valence-electron chi connectivity index (χ2n) is 5.76. The third-order valence-electron chi connectivity index (χ3n) is 3.81. The topological polar surface area (TPSA) is 50.2 Å². The van der Waals surface area contributed by atoms with Gasteiger partial charge in [-0.2, -0.15) is 13.2 Å². The van der Waals surface area contributed by atoms with E-state index in [1.807, 2.05) is 12.1 Å². The SMILES string of the molecule is O=C(O)Cc1ccccc1C=Cc1csc(-c2ccc(C(F)(F)F)cc2)n1. The van der Waals surface area contributed by atoms with Gasteiger partial charge in [0.1, 0.15) is 5.01 Å². The van der Waals surface area contributed by atoms with Gasteiger partial charge < -0.3 is 5.11 Å². The Balaban J connectivity index is 1.79. The van der Waals surface area contributed by atoms with Crippen molar-refractivity contribution >= 4 is 29.5 Å². The van der Waals surface area contributed by atoms with Gasteiger partial charge in [-0.3, -0.25) is 4.79 Å². The molecule has 1 N–H and O–H groups in total. The van der Waals surface area contributed by atoms with Crippen molar-refractivity contribution in [2.24, 2.45) is 0 Å². The highest BCUT2D eigenvalue weighted by Gasteiger charge is 2.30. The molecule has 0 aliphatic heterocycles. The fraction of sp³-hybridized carbons (Fsp3) is 0.100. The first-order valence-corrected chi connectivity index (χ1v) is 8.82. The van der Waals surface area contributed by atoms with Crippen LogP contribution in [0.15, 0.2) is 53.9 Å². The second-order valence-corrected chi connectivity index (χ2v) is 6.61. The highest BCUT2D eigenvalue weighted by molar-refractivity contribution is 7.13. The summed E-state index contributed by atoms with van der Waals surface area (Å²) in [4.78, 5) is 15.3. The Hall–Kier alpha value is -2.93.